The fourth-order valence-electron chi connectivity index (χ4n) is 2.83. The Bertz CT molecular complexity index is 496. The lowest BCUT2D eigenvalue weighted by atomic mass is 10.0. The predicted octanol–water partition coefficient (Wildman–Crippen LogP) is 2.26. The number of aliphatic imine (C=N–C) groups is 1. The van der Waals surface area contributed by atoms with Crippen molar-refractivity contribution in [2.75, 3.05) is 53.0 Å². The molecule has 1 aliphatic rings. The Hall–Kier alpha value is -1.06. The second-order valence-electron chi connectivity index (χ2n) is 5.69. The molecule has 142 valence electrons. The molecule has 0 amide bonds. The Balaban J connectivity index is 0.00000312. The second kappa shape index (κ2) is 12.3. The van der Waals surface area contributed by atoms with Crippen LogP contribution in [-0.2, 0) is 4.74 Å². The summed E-state index contributed by atoms with van der Waals surface area (Å²) in [4.78, 5) is 7.23. The average Bonchev–Trinajstić information content (AvgIpc) is 2.63. The van der Waals surface area contributed by atoms with Gasteiger partial charge in [-0.25, -0.2) is 0 Å². The molecule has 1 aromatic carbocycles. The number of hydrogen-bond acceptors (Lipinski definition) is 4. The number of nitrogens with zero attached hydrogens (tertiary/aromatic N) is 2. The molecule has 25 heavy (non-hydrogen) atoms. The van der Waals surface area contributed by atoms with Crippen molar-refractivity contribution in [3.63, 3.8) is 0 Å². The van der Waals surface area contributed by atoms with E-state index in [0.29, 0.717) is 6.54 Å². The van der Waals surface area contributed by atoms with E-state index >= 15 is 0 Å². The van der Waals surface area contributed by atoms with Crippen molar-refractivity contribution in [3.05, 3.63) is 29.8 Å². The van der Waals surface area contributed by atoms with Gasteiger partial charge in [0.05, 0.1) is 32.9 Å². The van der Waals surface area contributed by atoms with Crippen LogP contribution in [0.4, 0.5) is 0 Å². The summed E-state index contributed by atoms with van der Waals surface area (Å²) in [6.07, 6.45) is 0. The number of hydrogen-bond donors (Lipinski definition) is 2. The van der Waals surface area contributed by atoms with Gasteiger partial charge in [0.15, 0.2) is 5.96 Å². The van der Waals surface area contributed by atoms with E-state index in [9.17, 15) is 0 Å². The quantitative estimate of drug-likeness (QED) is 0.370. The van der Waals surface area contributed by atoms with Gasteiger partial charge in [0.1, 0.15) is 5.75 Å². The number of nitrogens with one attached hydrogen (secondary N) is 2. The molecular formula is C18H31IN4O2. The number of rotatable bonds is 7. The standard InChI is InChI=1S/C18H30N4O2.HI/c1-4-19-18(20-5-2)21-14-17(22-10-12-24-13-11-22)15-6-8-16(23-3)9-7-15;/h6-9,17H,4-5,10-14H2,1-3H3,(H2,19,20,21);1H. The molecule has 1 aromatic rings. The molecule has 2 rings (SSSR count). The molecule has 1 heterocycles. The van der Waals surface area contributed by atoms with Gasteiger partial charge in [-0.2, -0.15) is 0 Å². The fraction of sp³-hybridized carbons (Fsp3) is 0.611. The van der Waals surface area contributed by atoms with E-state index < -0.39 is 0 Å². The number of halogens is 1. The van der Waals surface area contributed by atoms with E-state index in [1.165, 1.54) is 5.56 Å². The van der Waals surface area contributed by atoms with Gasteiger partial charge >= 0.3 is 0 Å². The molecule has 1 unspecified atom stereocenters. The average molecular weight is 462 g/mol. The van der Waals surface area contributed by atoms with Crippen molar-refractivity contribution in [1.29, 1.82) is 0 Å². The Morgan fingerprint density at radius 3 is 2.28 bits per heavy atom. The Morgan fingerprint density at radius 1 is 1.16 bits per heavy atom. The molecule has 0 saturated carbocycles. The fourth-order valence-corrected chi connectivity index (χ4v) is 2.83. The second-order valence-corrected chi connectivity index (χ2v) is 5.69. The van der Waals surface area contributed by atoms with E-state index in [2.05, 4.69) is 41.5 Å². The van der Waals surface area contributed by atoms with Crippen LogP contribution in [0.15, 0.2) is 29.3 Å². The third-order valence-electron chi connectivity index (χ3n) is 4.10. The van der Waals surface area contributed by atoms with Crippen LogP contribution in [0.3, 0.4) is 0 Å². The Labute approximate surface area is 168 Å². The van der Waals surface area contributed by atoms with Crippen LogP contribution in [0, 0.1) is 0 Å². The zero-order valence-corrected chi connectivity index (χ0v) is 17.8. The van der Waals surface area contributed by atoms with Crippen molar-refractivity contribution in [3.8, 4) is 5.75 Å². The number of morpholine rings is 1. The predicted molar refractivity (Wildman–Crippen MR) is 113 cm³/mol. The van der Waals surface area contributed by atoms with Crippen LogP contribution in [0.25, 0.3) is 0 Å². The summed E-state index contributed by atoms with van der Waals surface area (Å²) in [6.45, 7) is 10.0. The third kappa shape index (κ3) is 6.99. The first-order valence-corrected chi connectivity index (χ1v) is 8.76. The van der Waals surface area contributed by atoms with Crippen LogP contribution in [0.5, 0.6) is 5.75 Å². The molecule has 1 atom stereocenters. The number of ether oxygens (including phenoxy) is 2. The summed E-state index contributed by atoms with van der Waals surface area (Å²) in [7, 11) is 1.69. The summed E-state index contributed by atoms with van der Waals surface area (Å²) in [5.74, 6) is 1.75. The highest BCUT2D eigenvalue weighted by Gasteiger charge is 2.22. The molecule has 1 aliphatic heterocycles. The lowest BCUT2D eigenvalue weighted by molar-refractivity contribution is 0.0179. The van der Waals surface area contributed by atoms with Crippen molar-refractivity contribution in [1.82, 2.24) is 15.5 Å². The summed E-state index contributed by atoms with van der Waals surface area (Å²) in [6, 6.07) is 8.54. The molecule has 0 bridgehead atoms. The molecule has 0 radical (unpaired) electrons. The first-order valence-electron chi connectivity index (χ1n) is 8.76. The van der Waals surface area contributed by atoms with Crippen LogP contribution in [-0.4, -0.2) is 63.9 Å². The maximum absolute atomic E-state index is 5.50. The highest BCUT2D eigenvalue weighted by molar-refractivity contribution is 14.0. The van der Waals surface area contributed by atoms with Crippen molar-refractivity contribution < 1.29 is 9.47 Å². The number of guanidine groups is 1. The molecular weight excluding hydrogens is 431 g/mol. The highest BCUT2D eigenvalue weighted by Crippen LogP contribution is 2.24. The van der Waals surface area contributed by atoms with Gasteiger partial charge in [-0.1, -0.05) is 12.1 Å². The van der Waals surface area contributed by atoms with Crippen LogP contribution >= 0.6 is 24.0 Å². The van der Waals surface area contributed by atoms with Crippen molar-refractivity contribution in [2.45, 2.75) is 19.9 Å². The Kier molecular flexibility index (Phi) is 10.8. The topological polar surface area (TPSA) is 58.1 Å². The highest BCUT2D eigenvalue weighted by atomic mass is 127. The monoisotopic (exact) mass is 462 g/mol. The zero-order valence-electron chi connectivity index (χ0n) is 15.5. The minimum Gasteiger partial charge on any atom is -0.497 e. The third-order valence-corrected chi connectivity index (χ3v) is 4.10. The van der Waals surface area contributed by atoms with E-state index in [1.807, 2.05) is 12.1 Å². The molecule has 1 saturated heterocycles. The number of benzene rings is 1. The molecule has 2 N–H and O–H groups in total. The molecule has 0 spiro atoms. The number of methoxy groups -OCH3 is 1. The van der Waals surface area contributed by atoms with Gasteiger partial charge in [0.2, 0.25) is 0 Å². The molecule has 1 fully saturated rings. The van der Waals surface area contributed by atoms with E-state index in [1.54, 1.807) is 7.11 Å². The minimum absolute atomic E-state index is 0. The van der Waals surface area contributed by atoms with Gasteiger partial charge in [-0.15, -0.1) is 24.0 Å². The van der Waals surface area contributed by atoms with E-state index in [-0.39, 0.29) is 30.0 Å². The van der Waals surface area contributed by atoms with Gasteiger partial charge in [0.25, 0.3) is 0 Å². The normalized spacial score (nSPS) is 15.6. The Morgan fingerprint density at radius 2 is 1.76 bits per heavy atom. The first kappa shape index (κ1) is 22.0. The maximum Gasteiger partial charge on any atom is 0.191 e. The SMILES string of the molecule is CCNC(=NCC(c1ccc(OC)cc1)N1CCOCC1)NCC.I. The summed E-state index contributed by atoms with van der Waals surface area (Å²) >= 11 is 0. The van der Waals surface area contributed by atoms with Gasteiger partial charge in [-0.3, -0.25) is 9.89 Å². The molecule has 0 aromatic heterocycles. The zero-order chi connectivity index (χ0) is 17.2. The smallest absolute Gasteiger partial charge is 0.191 e. The summed E-state index contributed by atoms with van der Waals surface area (Å²) in [5.41, 5.74) is 1.26. The molecule has 6 nitrogen and oxygen atoms in total. The molecule has 7 heteroatoms. The van der Waals surface area contributed by atoms with Gasteiger partial charge < -0.3 is 20.1 Å². The summed E-state index contributed by atoms with van der Waals surface area (Å²) < 4.78 is 10.8. The van der Waals surface area contributed by atoms with Crippen LogP contribution in [0.2, 0.25) is 0 Å². The lowest BCUT2D eigenvalue weighted by Crippen LogP contribution is -2.41. The van der Waals surface area contributed by atoms with E-state index in [0.717, 1.165) is 51.1 Å². The first-order chi connectivity index (χ1) is 11.8. The van der Waals surface area contributed by atoms with Crippen LogP contribution in [0.1, 0.15) is 25.5 Å². The summed E-state index contributed by atoms with van der Waals surface area (Å²) in [5, 5.41) is 6.57. The van der Waals surface area contributed by atoms with Crippen molar-refractivity contribution >= 4 is 29.9 Å². The molecule has 0 aliphatic carbocycles. The maximum atomic E-state index is 5.50. The van der Waals surface area contributed by atoms with Gasteiger partial charge in [-0.05, 0) is 31.5 Å². The van der Waals surface area contributed by atoms with Crippen LogP contribution < -0.4 is 15.4 Å². The lowest BCUT2D eigenvalue weighted by Gasteiger charge is -2.34. The van der Waals surface area contributed by atoms with E-state index in [4.69, 9.17) is 14.5 Å². The van der Waals surface area contributed by atoms with Gasteiger partial charge in [0, 0.05) is 26.2 Å². The van der Waals surface area contributed by atoms with Crippen molar-refractivity contribution in [2.24, 2.45) is 4.99 Å². The largest absolute Gasteiger partial charge is 0.497 e. The minimum atomic E-state index is 0.